The molecule has 0 aromatic heterocycles. The molecule has 104 valence electrons. The fraction of sp³-hybridized carbons (Fsp3) is 0.882. The summed E-state index contributed by atoms with van der Waals surface area (Å²) in [5, 5.41) is 0. The van der Waals surface area contributed by atoms with E-state index in [1.54, 1.807) is 5.54 Å². The molecule has 0 aliphatic heterocycles. The summed E-state index contributed by atoms with van der Waals surface area (Å²) in [4.78, 5) is 0. The van der Waals surface area contributed by atoms with Gasteiger partial charge in [0.15, 0.2) is 0 Å². The van der Waals surface area contributed by atoms with Gasteiger partial charge in [0.1, 0.15) is 0 Å². The molecular weight excluding hydrogens is 240 g/mol. The predicted octanol–water partition coefficient (Wildman–Crippen LogP) is 6.15. The lowest BCUT2D eigenvalue weighted by molar-refractivity contribution is 0.152. The summed E-state index contributed by atoms with van der Waals surface area (Å²) in [5.74, 6) is 3.92. The van der Waals surface area contributed by atoms with Crippen molar-refractivity contribution in [1.29, 1.82) is 0 Å². The van der Waals surface area contributed by atoms with E-state index in [2.05, 4.69) is 13.0 Å². The third kappa shape index (κ3) is 4.02. The highest BCUT2D eigenvalue weighted by atomic mass is 35.5. The fourth-order valence-electron chi connectivity index (χ4n) is 4.27. The van der Waals surface area contributed by atoms with Crippen LogP contribution in [0.3, 0.4) is 0 Å². The van der Waals surface area contributed by atoms with E-state index in [0.29, 0.717) is 0 Å². The van der Waals surface area contributed by atoms with Gasteiger partial charge >= 0.3 is 0 Å². The quantitative estimate of drug-likeness (QED) is 0.573. The van der Waals surface area contributed by atoms with Gasteiger partial charge in [-0.1, -0.05) is 50.3 Å². The van der Waals surface area contributed by atoms with Crippen molar-refractivity contribution in [3.63, 3.8) is 0 Å². The molecule has 0 aromatic carbocycles. The van der Waals surface area contributed by atoms with Gasteiger partial charge in [0.25, 0.3) is 0 Å². The van der Waals surface area contributed by atoms with Crippen molar-refractivity contribution >= 4 is 11.6 Å². The minimum Gasteiger partial charge on any atom is -0.0933 e. The molecule has 0 bridgehead atoms. The van der Waals surface area contributed by atoms with Crippen molar-refractivity contribution in [3.8, 4) is 0 Å². The summed E-state index contributed by atoms with van der Waals surface area (Å²) in [7, 11) is 0. The Morgan fingerprint density at radius 1 is 0.889 bits per heavy atom. The van der Waals surface area contributed by atoms with Gasteiger partial charge in [-0.2, -0.15) is 0 Å². The first kappa shape index (κ1) is 14.4. The average molecular weight is 269 g/mol. The minimum absolute atomic E-state index is 0.773. The number of allylic oxidation sites excluding steroid dienone is 1. The van der Waals surface area contributed by atoms with Gasteiger partial charge in [0.2, 0.25) is 0 Å². The molecule has 0 aromatic rings. The highest BCUT2D eigenvalue weighted by molar-refractivity contribution is 6.25. The highest BCUT2D eigenvalue weighted by Crippen LogP contribution is 2.42. The van der Waals surface area contributed by atoms with Crippen LogP contribution in [-0.4, -0.2) is 0 Å². The normalized spacial score (nSPS) is 38.1. The third-order valence-electron chi connectivity index (χ3n) is 5.42. The molecule has 18 heavy (non-hydrogen) atoms. The van der Waals surface area contributed by atoms with Crippen LogP contribution in [0.4, 0.5) is 0 Å². The monoisotopic (exact) mass is 268 g/mol. The van der Waals surface area contributed by atoms with E-state index in [1.165, 1.54) is 64.2 Å². The van der Waals surface area contributed by atoms with Crippen molar-refractivity contribution < 1.29 is 0 Å². The Labute approximate surface area is 118 Å². The Morgan fingerprint density at radius 2 is 1.44 bits per heavy atom. The molecule has 2 aliphatic carbocycles. The second-order valence-corrected chi connectivity index (χ2v) is 6.81. The van der Waals surface area contributed by atoms with E-state index in [0.717, 1.165) is 23.7 Å². The largest absolute Gasteiger partial charge is 0.0933 e. The third-order valence-corrected chi connectivity index (χ3v) is 5.56. The number of hydrogen-bond acceptors (Lipinski definition) is 0. The Kier molecular flexibility index (Phi) is 6.08. The predicted molar refractivity (Wildman–Crippen MR) is 80.8 cm³/mol. The van der Waals surface area contributed by atoms with Crippen LogP contribution in [-0.2, 0) is 0 Å². The molecular formula is C17H29Cl. The Balaban J connectivity index is 1.71. The molecule has 0 radical (unpaired) electrons. The molecule has 0 N–H and O–H groups in total. The lowest BCUT2D eigenvalue weighted by Gasteiger charge is -2.37. The maximum Gasteiger partial charge on any atom is 0.000525 e. The fourth-order valence-corrected chi connectivity index (χ4v) is 4.47. The molecule has 0 spiro atoms. The van der Waals surface area contributed by atoms with Gasteiger partial charge in [-0.15, -0.1) is 0 Å². The van der Waals surface area contributed by atoms with E-state index in [-0.39, 0.29) is 0 Å². The molecule has 0 atom stereocenters. The summed E-state index contributed by atoms with van der Waals surface area (Å²) in [5.41, 5.74) is 1.72. The van der Waals surface area contributed by atoms with Crippen LogP contribution in [0.1, 0.15) is 71.1 Å². The molecule has 2 fully saturated rings. The van der Waals surface area contributed by atoms with Crippen LogP contribution in [0, 0.1) is 23.7 Å². The van der Waals surface area contributed by atoms with E-state index in [4.69, 9.17) is 11.6 Å². The van der Waals surface area contributed by atoms with Crippen LogP contribution in [0.5, 0.6) is 0 Å². The first-order valence-electron chi connectivity index (χ1n) is 8.10. The Bertz CT molecular complexity index is 242. The maximum absolute atomic E-state index is 5.69. The highest BCUT2D eigenvalue weighted by Gasteiger charge is 2.29. The zero-order valence-corrected chi connectivity index (χ0v) is 12.7. The molecule has 0 saturated heterocycles. The number of rotatable bonds is 4. The van der Waals surface area contributed by atoms with Crippen molar-refractivity contribution in [2.24, 2.45) is 23.7 Å². The smallest absolute Gasteiger partial charge is 0.000525 e. The van der Waals surface area contributed by atoms with Gasteiger partial charge in [0.05, 0.1) is 0 Å². The van der Waals surface area contributed by atoms with Crippen LogP contribution in [0.2, 0.25) is 0 Å². The summed E-state index contributed by atoms with van der Waals surface area (Å²) < 4.78 is 0. The van der Waals surface area contributed by atoms with E-state index in [1.807, 2.05) is 0 Å². The van der Waals surface area contributed by atoms with Gasteiger partial charge in [0, 0.05) is 5.54 Å². The van der Waals surface area contributed by atoms with E-state index in [9.17, 15) is 0 Å². The zero-order chi connectivity index (χ0) is 12.8. The second kappa shape index (κ2) is 7.58. The zero-order valence-electron chi connectivity index (χ0n) is 11.9. The molecule has 2 rings (SSSR count). The van der Waals surface area contributed by atoms with E-state index >= 15 is 0 Å². The van der Waals surface area contributed by atoms with Crippen LogP contribution >= 0.6 is 11.6 Å². The van der Waals surface area contributed by atoms with Crippen molar-refractivity contribution in [3.05, 3.63) is 11.6 Å². The van der Waals surface area contributed by atoms with E-state index < -0.39 is 0 Å². The number of halogens is 1. The van der Waals surface area contributed by atoms with Crippen molar-refractivity contribution in [1.82, 2.24) is 0 Å². The molecule has 0 amide bonds. The first-order valence-corrected chi connectivity index (χ1v) is 8.54. The lowest BCUT2D eigenvalue weighted by atomic mass is 9.69. The second-order valence-electron chi connectivity index (χ2n) is 6.56. The van der Waals surface area contributed by atoms with Crippen LogP contribution < -0.4 is 0 Å². The molecule has 0 nitrogen and oxygen atoms in total. The Hall–Kier alpha value is 0.0300. The standard InChI is InChI=1S/C17H29Cl/c1-2-3-14-4-8-16(9-5-14)17-10-6-15(7-11-17)12-13-18/h12-17H,2-11H2,1H3. The topological polar surface area (TPSA) is 0 Å². The SMILES string of the molecule is CCCC1CCC(C2CCC(C=CCl)CC2)CC1. The Morgan fingerprint density at radius 3 is 1.94 bits per heavy atom. The lowest BCUT2D eigenvalue weighted by Crippen LogP contribution is -2.25. The van der Waals surface area contributed by atoms with Crippen molar-refractivity contribution in [2.75, 3.05) is 0 Å². The van der Waals surface area contributed by atoms with Gasteiger partial charge < -0.3 is 0 Å². The number of hydrogen-bond donors (Lipinski definition) is 0. The van der Waals surface area contributed by atoms with Crippen molar-refractivity contribution in [2.45, 2.75) is 71.1 Å². The van der Waals surface area contributed by atoms with Crippen LogP contribution in [0.25, 0.3) is 0 Å². The molecule has 0 heterocycles. The van der Waals surface area contributed by atoms with Gasteiger partial charge in [-0.05, 0) is 62.2 Å². The van der Waals surface area contributed by atoms with Crippen LogP contribution in [0.15, 0.2) is 11.6 Å². The minimum atomic E-state index is 0.773. The summed E-state index contributed by atoms with van der Waals surface area (Å²) in [6.45, 7) is 2.33. The molecule has 1 heteroatoms. The summed E-state index contributed by atoms with van der Waals surface area (Å²) >= 11 is 5.69. The summed E-state index contributed by atoms with van der Waals surface area (Å²) in [6, 6.07) is 0. The molecule has 2 saturated carbocycles. The van der Waals surface area contributed by atoms with Gasteiger partial charge in [-0.3, -0.25) is 0 Å². The average Bonchev–Trinajstić information content (AvgIpc) is 2.41. The molecule has 0 unspecified atom stereocenters. The summed E-state index contributed by atoms with van der Waals surface area (Å²) in [6.07, 6.45) is 16.8. The maximum atomic E-state index is 5.69. The first-order chi connectivity index (χ1) is 8.83. The van der Waals surface area contributed by atoms with Gasteiger partial charge in [-0.25, -0.2) is 0 Å². The molecule has 2 aliphatic rings.